The minimum atomic E-state index is -0.234. The molecule has 2 aromatic rings. The van der Waals surface area contributed by atoms with Crippen LogP contribution in [0, 0.1) is 12.7 Å². The second-order valence-electron chi connectivity index (χ2n) is 3.60. The van der Waals surface area contributed by atoms with E-state index in [0.717, 1.165) is 16.8 Å². The molecular weight excluding hydrogens is 227 g/mol. The Kier molecular flexibility index (Phi) is 3.15. The van der Waals surface area contributed by atoms with E-state index in [1.165, 1.54) is 12.1 Å². The van der Waals surface area contributed by atoms with Crippen molar-refractivity contribution in [3.8, 4) is 0 Å². The zero-order valence-corrected chi connectivity index (χ0v) is 9.50. The lowest BCUT2D eigenvalue weighted by molar-refractivity contribution is 0.627. The fraction of sp³-hybridized carbons (Fsp3) is 0.167. The topological polar surface area (TPSA) is 25.8 Å². The maximum atomic E-state index is 12.7. The predicted molar refractivity (Wildman–Crippen MR) is 61.0 cm³/mol. The molecule has 1 aromatic heterocycles. The molecule has 4 heteroatoms. The maximum Gasteiger partial charge on any atom is 0.151 e. The fourth-order valence-corrected chi connectivity index (χ4v) is 1.65. The molecule has 0 amide bonds. The number of aromatic nitrogens is 2. The van der Waals surface area contributed by atoms with E-state index >= 15 is 0 Å². The van der Waals surface area contributed by atoms with Crippen molar-refractivity contribution in [2.75, 3.05) is 0 Å². The van der Waals surface area contributed by atoms with Gasteiger partial charge in [-0.15, -0.1) is 5.10 Å². The highest BCUT2D eigenvalue weighted by atomic mass is 35.5. The Hall–Kier alpha value is -1.48. The largest absolute Gasteiger partial charge is 0.207 e. The van der Waals surface area contributed by atoms with Gasteiger partial charge in [0.25, 0.3) is 0 Å². The maximum absolute atomic E-state index is 12.7. The number of hydrogen-bond donors (Lipinski definition) is 0. The number of nitrogens with zero attached hydrogens (tertiary/aromatic N) is 2. The molecular formula is C12H10ClFN2. The van der Waals surface area contributed by atoms with Crippen LogP contribution in [0.3, 0.4) is 0 Å². The molecule has 0 saturated heterocycles. The summed E-state index contributed by atoms with van der Waals surface area (Å²) in [5.41, 5.74) is 2.85. The van der Waals surface area contributed by atoms with E-state index in [2.05, 4.69) is 10.2 Å². The second-order valence-corrected chi connectivity index (χ2v) is 3.99. The first-order chi connectivity index (χ1) is 7.65. The van der Waals surface area contributed by atoms with Crippen LogP contribution in [-0.2, 0) is 6.42 Å². The van der Waals surface area contributed by atoms with E-state index in [0.29, 0.717) is 11.6 Å². The first kappa shape index (κ1) is 11.0. The third-order valence-corrected chi connectivity index (χ3v) is 2.53. The Balaban J connectivity index is 2.23. The van der Waals surface area contributed by atoms with E-state index in [1.54, 1.807) is 18.2 Å². The Labute approximate surface area is 98.1 Å². The SMILES string of the molecule is Cc1cc(Cl)nnc1Cc1ccc(F)cc1. The summed E-state index contributed by atoms with van der Waals surface area (Å²) in [5, 5.41) is 8.20. The van der Waals surface area contributed by atoms with Gasteiger partial charge in [-0.3, -0.25) is 0 Å². The van der Waals surface area contributed by atoms with E-state index in [4.69, 9.17) is 11.6 Å². The molecule has 1 aromatic carbocycles. The summed E-state index contributed by atoms with van der Waals surface area (Å²) < 4.78 is 12.7. The van der Waals surface area contributed by atoms with Crippen LogP contribution < -0.4 is 0 Å². The Morgan fingerprint density at radius 2 is 1.88 bits per heavy atom. The third-order valence-electron chi connectivity index (χ3n) is 2.34. The number of hydrogen-bond acceptors (Lipinski definition) is 2. The number of rotatable bonds is 2. The van der Waals surface area contributed by atoms with Gasteiger partial charge in [0.05, 0.1) is 5.69 Å². The highest BCUT2D eigenvalue weighted by molar-refractivity contribution is 6.29. The van der Waals surface area contributed by atoms with E-state index < -0.39 is 0 Å². The van der Waals surface area contributed by atoms with Crippen molar-refractivity contribution in [2.24, 2.45) is 0 Å². The van der Waals surface area contributed by atoms with Crippen LogP contribution in [-0.4, -0.2) is 10.2 Å². The van der Waals surface area contributed by atoms with Gasteiger partial charge in [0.1, 0.15) is 5.82 Å². The van der Waals surface area contributed by atoms with E-state index in [-0.39, 0.29) is 5.82 Å². The lowest BCUT2D eigenvalue weighted by atomic mass is 10.1. The Morgan fingerprint density at radius 3 is 2.50 bits per heavy atom. The highest BCUT2D eigenvalue weighted by Gasteiger charge is 2.04. The predicted octanol–water partition coefficient (Wildman–Crippen LogP) is 3.17. The van der Waals surface area contributed by atoms with Gasteiger partial charge in [0.2, 0.25) is 0 Å². The van der Waals surface area contributed by atoms with Gasteiger partial charge in [-0.25, -0.2) is 4.39 Å². The van der Waals surface area contributed by atoms with Crippen molar-refractivity contribution in [3.63, 3.8) is 0 Å². The number of aryl methyl sites for hydroxylation is 1. The van der Waals surface area contributed by atoms with Crippen LogP contribution in [0.25, 0.3) is 0 Å². The second kappa shape index (κ2) is 4.58. The average molecular weight is 237 g/mol. The van der Waals surface area contributed by atoms with Gasteiger partial charge in [0, 0.05) is 6.42 Å². The smallest absolute Gasteiger partial charge is 0.151 e. The molecule has 0 N–H and O–H groups in total. The van der Waals surface area contributed by atoms with Crippen molar-refractivity contribution >= 4 is 11.6 Å². The van der Waals surface area contributed by atoms with Crippen molar-refractivity contribution < 1.29 is 4.39 Å². The molecule has 0 radical (unpaired) electrons. The van der Waals surface area contributed by atoms with Crippen molar-refractivity contribution in [2.45, 2.75) is 13.3 Å². The zero-order valence-electron chi connectivity index (χ0n) is 8.74. The number of halogens is 2. The molecule has 0 atom stereocenters. The lowest BCUT2D eigenvalue weighted by Crippen LogP contribution is -1.98. The van der Waals surface area contributed by atoms with Crippen molar-refractivity contribution in [3.05, 3.63) is 58.1 Å². The van der Waals surface area contributed by atoms with Crippen LogP contribution in [0.5, 0.6) is 0 Å². The minimum absolute atomic E-state index is 0.234. The molecule has 0 spiro atoms. The van der Waals surface area contributed by atoms with Crippen LogP contribution in [0.4, 0.5) is 4.39 Å². The van der Waals surface area contributed by atoms with Crippen LogP contribution in [0.2, 0.25) is 5.15 Å². The highest BCUT2D eigenvalue weighted by Crippen LogP contribution is 2.14. The molecule has 16 heavy (non-hydrogen) atoms. The molecule has 0 aliphatic heterocycles. The summed E-state index contributed by atoms with van der Waals surface area (Å²) in [6.07, 6.45) is 0.635. The standard InChI is InChI=1S/C12H10ClFN2/c1-8-6-12(13)16-15-11(8)7-9-2-4-10(14)5-3-9/h2-6H,7H2,1H3. The lowest BCUT2D eigenvalue weighted by Gasteiger charge is -2.04. The molecule has 2 nitrogen and oxygen atoms in total. The Bertz CT molecular complexity index is 497. The molecule has 0 aliphatic carbocycles. The van der Waals surface area contributed by atoms with Gasteiger partial charge < -0.3 is 0 Å². The fourth-order valence-electron chi connectivity index (χ4n) is 1.45. The molecule has 0 saturated carbocycles. The van der Waals surface area contributed by atoms with Gasteiger partial charge in [-0.05, 0) is 36.2 Å². The summed E-state index contributed by atoms with van der Waals surface area (Å²) in [5.74, 6) is -0.234. The first-order valence-electron chi connectivity index (χ1n) is 4.88. The summed E-state index contributed by atoms with van der Waals surface area (Å²) >= 11 is 5.72. The van der Waals surface area contributed by atoms with E-state index in [9.17, 15) is 4.39 Å². The monoisotopic (exact) mass is 236 g/mol. The van der Waals surface area contributed by atoms with Crippen LogP contribution >= 0.6 is 11.6 Å². The van der Waals surface area contributed by atoms with Crippen molar-refractivity contribution in [1.29, 1.82) is 0 Å². The first-order valence-corrected chi connectivity index (χ1v) is 5.26. The Morgan fingerprint density at radius 1 is 1.19 bits per heavy atom. The summed E-state index contributed by atoms with van der Waals surface area (Å²) in [7, 11) is 0. The third kappa shape index (κ3) is 2.55. The molecule has 82 valence electrons. The van der Waals surface area contributed by atoms with Crippen LogP contribution in [0.1, 0.15) is 16.8 Å². The molecule has 0 unspecified atom stereocenters. The van der Waals surface area contributed by atoms with Crippen molar-refractivity contribution in [1.82, 2.24) is 10.2 Å². The molecule has 0 aliphatic rings. The average Bonchev–Trinajstić information content (AvgIpc) is 2.25. The van der Waals surface area contributed by atoms with Crippen LogP contribution in [0.15, 0.2) is 30.3 Å². The molecule has 2 rings (SSSR count). The molecule has 1 heterocycles. The summed E-state index contributed by atoms with van der Waals surface area (Å²) in [4.78, 5) is 0. The molecule has 0 bridgehead atoms. The molecule has 0 fully saturated rings. The van der Waals surface area contributed by atoms with Gasteiger partial charge >= 0.3 is 0 Å². The summed E-state index contributed by atoms with van der Waals surface area (Å²) in [6, 6.07) is 8.13. The van der Waals surface area contributed by atoms with Gasteiger partial charge in [0.15, 0.2) is 5.15 Å². The zero-order chi connectivity index (χ0) is 11.5. The normalized spacial score (nSPS) is 10.4. The van der Waals surface area contributed by atoms with E-state index in [1.807, 2.05) is 6.92 Å². The van der Waals surface area contributed by atoms with Gasteiger partial charge in [-0.1, -0.05) is 23.7 Å². The summed E-state index contributed by atoms with van der Waals surface area (Å²) in [6.45, 7) is 1.93. The minimum Gasteiger partial charge on any atom is -0.207 e. The van der Waals surface area contributed by atoms with Gasteiger partial charge in [-0.2, -0.15) is 5.10 Å². The quantitative estimate of drug-likeness (QED) is 0.801. The number of benzene rings is 1.